The Balaban J connectivity index is 1.24. The highest BCUT2D eigenvalue weighted by atomic mass is 16.6. The van der Waals surface area contributed by atoms with Gasteiger partial charge in [0.25, 0.3) is 0 Å². The number of aromatic nitrogens is 3. The third-order valence-electron chi connectivity index (χ3n) is 6.83. The topological polar surface area (TPSA) is 87.9 Å². The molecule has 4 aromatic rings. The average molecular weight is 557 g/mol. The van der Waals surface area contributed by atoms with Crippen LogP contribution in [-0.2, 0) is 17.9 Å². The molecule has 0 N–H and O–H groups in total. The van der Waals surface area contributed by atoms with E-state index in [1.807, 2.05) is 57.4 Å². The lowest BCUT2D eigenvalue weighted by Gasteiger charge is -2.29. The van der Waals surface area contributed by atoms with Gasteiger partial charge in [0.2, 0.25) is 5.88 Å². The minimum absolute atomic E-state index is 0.271. The second-order valence-corrected chi connectivity index (χ2v) is 11.0. The van der Waals surface area contributed by atoms with Gasteiger partial charge in [0.15, 0.2) is 11.5 Å². The van der Waals surface area contributed by atoms with Crippen molar-refractivity contribution in [1.29, 1.82) is 0 Å². The van der Waals surface area contributed by atoms with Crippen LogP contribution in [0, 0.1) is 0 Å². The summed E-state index contributed by atoms with van der Waals surface area (Å²) < 4.78 is 24.4. The predicted octanol–water partition coefficient (Wildman–Crippen LogP) is 6.10. The normalized spacial score (nSPS) is 13.6. The summed E-state index contributed by atoms with van der Waals surface area (Å²) in [6.07, 6.45) is 6.20. The molecule has 1 aliphatic rings. The average Bonchev–Trinajstić information content (AvgIpc) is 3.37. The van der Waals surface area contributed by atoms with Gasteiger partial charge in [0.1, 0.15) is 12.2 Å². The molecule has 0 unspecified atom stereocenters. The van der Waals surface area contributed by atoms with Crippen LogP contribution in [0.15, 0.2) is 67.1 Å². The quantitative estimate of drug-likeness (QED) is 0.259. The van der Waals surface area contributed by atoms with Crippen LogP contribution in [0.4, 0.5) is 4.79 Å². The molecule has 0 saturated carbocycles. The van der Waals surface area contributed by atoms with Crippen LogP contribution in [0.5, 0.6) is 17.4 Å². The smallest absolute Gasteiger partial charge is 0.410 e. The number of benzene rings is 2. The fraction of sp³-hybridized carbons (Fsp3) is 0.344. The maximum absolute atomic E-state index is 12.4. The van der Waals surface area contributed by atoms with Crippen LogP contribution in [0.25, 0.3) is 16.6 Å². The number of fused-ring (bicyclic) bond motifs is 1. The second kappa shape index (κ2) is 11.9. The lowest BCUT2D eigenvalue weighted by Crippen LogP contribution is -2.39. The minimum Gasteiger partial charge on any atom is -0.493 e. The number of rotatable bonds is 8. The number of hydrogen-bond acceptors (Lipinski definition) is 7. The number of amides is 1. The fourth-order valence-corrected chi connectivity index (χ4v) is 4.72. The Morgan fingerprint density at radius 3 is 2.46 bits per heavy atom. The highest BCUT2D eigenvalue weighted by Crippen LogP contribution is 2.30. The van der Waals surface area contributed by atoms with Gasteiger partial charge in [-0.15, -0.1) is 0 Å². The van der Waals surface area contributed by atoms with Crippen molar-refractivity contribution < 1.29 is 23.7 Å². The predicted molar refractivity (Wildman–Crippen MR) is 157 cm³/mol. The van der Waals surface area contributed by atoms with Crippen molar-refractivity contribution in [3.05, 3.63) is 83.8 Å². The molecule has 214 valence electrons. The van der Waals surface area contributed by atoms with Crippen LogP contribution in [-0.4, -0.2) is 58.4 Å². The van der Waals surface area contributed by atoms with Crippen LogP contribution in [0.1, 0.15) is 43.9 Å². The van der Waals surface area contributed by atoms with Crippen LogP contribution < -0.4 is 14.2 Å². The summed E-state index contributed by atoms with van der Waals surface area (Å²) in [7, 11) is 3.23. The Hall–Kier alpha value is -4.53. The van der Waals surface area contributed by atoms with E-state index in [2.05, 4.69) is 38.8 Å². The van der Waals surface area contributed by atoms with Gasteiger partial charge in [0, 0.05) is 37.5 Å². The number of ether oxygens (including phenoxy) is 4. The first-order valence-corrected chi connectivity index (χ1v) is 13.6. The number of hydrogen-bond donors (Lipinski definition) is 0. The molecule has 5 rings (SSSR count). The van der Waals surface area contributed by atoms with Crippen molar-refractivity contribution >= 4 is 22.7 Å². The molecule has 0 bridgehead atoms. The molecule has 1 amide bonds. The molecule has 0 spiro atoms. The Kier molecular flexibility index (Phi) is 8.14. The molecule has 0 fully saturated rings. The van der Waals surface area contributed by atoms with E-state index in [0.717, 1.165) is 34.1 Å². The van der Waals surface area contributed by atoms with Gasteiger partial charge < -0.3 is 28.4 Å². The van der Waals surface area contributed by atoms with E-state index in [-0.39, 0.29) is 6.09 Å². The lowest BCUT2D eigenvalue weighted by atomic mass is 9.99. The van der Waals surface area contributed by atoms with E-state index >= 15 is 0 Å². The van der Waals surface area contributed by atoms with Gasteiger partial charge in [-0.2, -0.15) is 0 Å². The zero-order chi connectivity index (χ0) is 29.0. The first-order chi connectivity index (χ1) is 19.7. The number of nitrogens with zero attached hydrogens (tertiary/aromatic N) is 4. The van der Waals surface area contributed by atoms with Gasteiger partial charge in [-0.3, -0.25) is 0 Å². The molecule has 0 saturated heterocycles. The zero-order valence-electron chi connectivity index (χ0n) is 24.2. The molecule has 9 heteroatoms. The van der Waals surface area contributed by atoms with Gasteiger partial charge in [-0.25, -0.2) is 14.8 Å². The highest BCUT2D eigenvalue weighted by molar-refractivity contribution is 5.82. The Morgan fingerprint density at radius 1 is 0.951 bits per heavy atom. The zero-order valence-corrected chi connectivity index (χ0v) is 24.2. The van der Waals surface area contributed by atoms with E-state index in [1.165, 1.54) is 5.57 Å². The van der Waals surface area contributed by atoms with E-state index in [1.54, 1.807) is 25.3 Å². The maximum Gasteiger partial charge on any atom is 0.410 e. The monoisotopic (exact) mass is 556 g/mol. The first-order valence-electron chi connectivity index (χ1n) is 13.6. The number of carbonyl (C=O) groups is 1. The summed E-state index contributed by atoms with van der Waals surface area (Å²) in [5.74, 6) is 1.90. The van der Waals surface area contributed by atoms with Crippen LogP contribution in [0.3, 0.4) is 0 Å². The summed E-state index contributed by atoms with van der Waals surface area (Å²) in [4.78, 5) is 23.0. The van der Waals surface area contributed by atoms with Crippen LogP contribution >= 0.6 is 0 Å². The fourth-order valence-electron chi connectivity index (χ4n) is 4.72. The van der Waals surface area contributed by atoms with Crippen molar-refractivity contribution in [3.8, 4) is 17.4 Å². The van der Waals surface area contributed by atoms with Crippen molar-refractivity contribution in [2.24, 2.45) is 0 Å². The van der Waals surface area contributed by atoms with Crippen molar-refractivity contribution in [3.63, 3.8) is 0 Å². The summed E-state index contributed by atoms with van der Waals surface area (Å²) in [5.41, 5.74) is 5.83. The second-order valence-electron chi connectivity index (χ2n) is 11.0. The summed E-state index contributed by atoms with van der Waals surface area (Å²) in [6.45, 7) is 7.83. The molecular weight excluding hydrogens is 520 g/mol. The van der Waals surface area contributed by atoms with Gasteiger partial charge >= 0.3 is 6.09 Å². The minimum atomic E-state index is -0.498. The molecular formula is C32H36N4O5. The van der Waals surface area contributed by atoms with E-state index in [9.17, 15) is 4.79 Å². The Labute approximate surface area is 240 Å². The number of carbonyl (C=O) groups excluding carboxylic acids is 1. The molecule has 0 aliphatic carbocycles. The third kappa shape index (κ3) is 6.80. The lowest BCUT2D eigenvalue weighted by molar-refractivity contribution is 0.0270. The Morgan fingerprint density at radius 2 is 1.78 bits per heavy atom. The molecule has 2 aromatic carbocycles. The summed E-state index contributed by atoms with van der Waals surface area (Å²) >= 11 is 0. The van der Waals surface area contributed by atoms with Gasteiger partial charge in [-0.05, 0) is 74.2 Å². The molecule has 1 aliphatic heterocycles. The van der Waals surface area contributed by atoms with Crippen LogP contribution in [0.2, 0.25) is 0 Å². The largest absolute Gasteiger partial charge is 0.493 e. The van der Waals surface area contributed by atoms with Crippen molar-refractivity contribution in [1.82, 2.24) is 19.4 Å². The van der Waals surface area contributed by atoms with E-state index in [4.69, 9.17) is 18.9 Å². The molecule has 9 nitrogen and oxygen atoms in total. The molecule has 41 heavy (non-hydrogen) atoms. The molecule has 3 heterocycles. The molecule has 0 radical (unpaired) electrons. The van der Waals surface area contributed by atoms with E-state index in [0.29, 0.717) is 43.6 Å². The number of imidazole rings is 1. The standard InChI is InChI=1S/C32H36N4O5/c1-32(2,3)41-31(37)35-14-12-24(13-15-35)25-8-9-27-26(17-25)34-21-36(27)19-22-6-10-28(29(16-22)38-4)40-20-23-7-11-30(39-5)33-18-23/h6-12,16-18,21H,13-15,19-20H2,1-5H3. The Bertz CT molecular complexity index is 1550. The van der Waals surface area contributed by atoms with Gasteiger partial charge in [-0.1, -0.05) is 18.2 Å². The first kappa shape index (κ1) is 28.0. The van der Waals surface area contributed by atoms with Crippen molar-refractivity contribution in [2.75, 3.05) is 27.3 Å². The van der Waals surface area contributed by atoms with Crippen molar-refractivity contribution in [2.45, 2.75) is 45.9 Å². The van der Waals surface area contributed by atoms with E-state index < -0.39 is 5.60 Å². The maximum atomic E-state index is 12.4. The SMILES string of the molecule is COc1ccc(COc2ccc(Cn3cnc4cc(C5=CCN(C(=O)OC(C)(C)C)CC5)ccc43)cc2OC)cn1. The number of methoxy groups -OCH3 is 2. The van der Waals surface area contributed by atoms with Gasteiger partial charge in [0.05, 0.1) is 31.6 Å². The molecule has 0 atom stereocenters. The molecule has 2 aromatic heterocycles. The third-order valence-corrected chi connectivity index (χ3v) is 6.83. The highest BCUT2D eigenvalue weighted by Gasteiger charge is 2.24. The number of pyridine rings is 1. The summed E-state index contributed by atoms with van der Waals surface area (Å²) in [6, 6.07) is 16.0. The summed E-state index contributed by atoms with van der Waals surface area (Å²) in [5, 5.41) is 0.